The molecule has 6 heteroatoms. The summed E-state index contributed by atoms with van der Waals surface area (Å²) in [6.45, 7) is 0.406. The molecular formula is C27H20FN3OS. The molecule has 0 aliphatic carbocycles. The van der Waals surface area contributed by atoms with E-state index in [-0.39, 0.29) is 11.8 Å². The Kier molecular flexibility index (Phi) is 5.83. The molecule has 2 N–H and O–H groups in total. The van der Waals surface area contributed by atoms with Gasteiger partial charge in [-0.1, -0.05) is 72.8 Å². The minimum absolute atomic E-state index is 0.306. The van der Waals surface area contributed by atoms with E-state index in [9.17, 15) is 9.18 Å². The third kappa shape index (κ3) is 4.47. The van der Waals surface area contributed by atoms with Gasteiger partial charge in [-0.25, -0.2) is 14.2 Å². The van der Waals surface area contributed by atoms with Gasteiger partial charge in [0.15, 0.2) is 0 Å². The van der Waals surface area contributed by atoms with E-state index in [1.807, 2.05) is 53.9 Å². The predicted molar refractivity (Wildman–Crippen MR) is 133 cm³/mol. The second-order valence-electron chi connectivity index (χ2n) is 7.51. The monoisotopic (exact) mass is 453 g/mol. The summed E-state index contributed by atoms with van der Waals surface area (Å²) in [5.41, 5.74) is 3.61. The number of fused-ring (bicyclic) bond motifs is 1. The maximum Gasteiger partial charge on any atom is 0.319 e. The molecule has 5 aromatic rings. The lowest BCUT2D eigenvalue weighted by atomic mass is 10.0. The summed E-state index contributed by atoms with van der Waals surface area (Å²) in [4.78, 5) is 17.3. The lowest BCUT2D eigenvalue weighted by Crippen LogP contribution is -2.28. The molecule has 0 saturated heterocycles. The summed E-state index contributed by atoms with van der Waals surface area (Å²) in [6.07, 6.45) is 0. The molecule has 4 nitrogen and oxygen atoms in total. The number of anilines is 1. The fourth-order valence-corrected chi connectivity index (χ4v) is 4.61. The number of hydrogen-bond donors (Lipinski definition) is 2. The first-order chi connectivity index (χ1) is 16.2. The first kappa shape index (κ1) is 20.8. The molecule has 1 heterocycles. The van der Waals surface area contributed by atoms with Crippen molar-refractivity contribution in [3.8, 4) is 21.8 Å². The Hall–Kier alpha value is -4.03. The van der Waals surface area contributed by atoms with Crippen molar-refractivity contribution in [2.45, 2.75) is 6.54 Å². The number of rotatable bonds is 5. The van der Waals surface area contributed by atoms with Gasteiger partial charge in [0.1, 0.15) is 10.8 Å². The number of amides is 2. The molecule has 0 spiro atoms. The predicted octanol–water partition coefficient (Wildman–Crippen LogP) is 7.09. The number of nitrogens with zero attached hydrogens (tertiary/aromatic N) is 1. The quantitative estimate of drug-likeness (QED) is 0.298. The Labute approximate surface area is 194 Å². The molecule has 4 aromatic carbocycles. The van der Waals surface area contributed by atoms with E-state index in [4.69, 9.17) is 0 Å². The van der Waals surface area contributed by atoms with Crippen LogP contribution in [0.4, 0.5) is 14.9 Å². The van der Waals surface area contributed by atoms with Crippen molar-refractivity contribution in [3.63, 3.8) is 0 Å². The molecule has 0 aliphatic rings. The average Bonchev–Trinajstić information content (AvgIpc) is 3.33. The van der Waals surface area contributed by atoms with Crippen molar-refractivity contribution >= 4 is 33.8 Å². The lowest BCUT2D eigenvalue weighted by molar-refractivity contribution is 0.252. The third-order valence-corrected chi connectivity index (χ3v) is 6.25. The maximum absolute atomic E-state index is 14.2. The number of nitrogens with one attached hydrogen (secondary N) is 2. The van der Waals surface area contributed by atoms with Gasteiger partial charge in [-0.2, -0.15) is 0 Å². The van der Waals surface area contributed by atoms with Crippen LogP contribution in [-0.4, -0.2) is 11.0 Å². The number of aromatic nitrogens is 1. The van der Waals surface area contributed by atoms with Crippen LogP contribution < -0.4 is 10.6 Å². The first-order valence-electron chi connectivity index (χ1n) is 10.5. The Bertz CT molecular complexity index is 1440. The van der Waals surface area contributed by atoms with Gasteiger partial charge < -0.3 is 10.6 Å². The Balaban J connectivity index is 1.33. The average molecular weight is 454 g/mol. The van der Waals surface area contributed by atoms with E-state index in [2.05, 4.69) is 33.8 Å². The Morgan fingerprint density at radius 1 is 0.848 bits per heavy atom. The minimum atomic E-state index is -0.308. The molecule has 0 aliphatic heterocycles. The Morgan fingerprint density at radius 3 is 2.45 bits per heavy atom. The normalized spacial score (nSPS) is 10.8. The van der Waals surface area contributed by atoms with E-state index in [0.717, 1.165) is 21.9 Å². The molecule has 1 aromatic heterocycles. The van der Waals surface area contributed by atoms with E-state index < -0.39 is 0 Å². The molecule has 162 valence electrons. The van der Waals surface area contributed by atoms with Crippen molar-refractivity contribution in [2.75, 3.05) is 5.32 Å². The largest absolute Gasteiger partial charge is 0.334 e. The topological polar surface area (TPSA) is 54.0 Å². The zero-order valence-electron chi connectivity index (χ0n) is 17.6. The highest BCUT2D eigenvalue weighted by Crippen LogP contribution is 2.33. The number of thiazole rings is 1. The van der Waals surface area contributed by atoms with Gasteiger partial charge in [-0.15, -0.1) is 11.3 Å². The van der Waals surface area contributed by atoms with E-state index >= 15 is 0 Å². The van der Waals surface area contributed by atoms with E-state index in [1.54, 1.807) is 18.2 Å². The zero-order chi connectivity index (χ0) is 22.6. The van der Waals surface area contributed by atoms with Gasteiger partial charge in [-0.05, 0) is 34.5 Å². The van der Waals surface area contributed by atoms with Gasteiger partial charge in [0.05, 0.1) is 11.4 Å². The molecule has 0 radical (unpaired) electrons. The van der Waals surface area contributed by atoms with Crippen LogP contribution in [0.2, 0.25) is 0 Å². The fourth-order valence-electron chi connectivity index (χ4n) is 3.76. The highest BCUT2D eigenvalue weighted by molar-refractivity contribution is 7.13. The number of carbonyl (C=O) groups is 1. The summed E-state index contributed by atoms with van der Waals surface area (Å²) in [7, 11) is 0. The van der Waals surface area contributed by atoms with Crippen LogP contribution in [0, 0.1) is 5.82 Å². The van der Waals surface area contributed by atoms with Crippen LogP contribution in [0.3, 0.4) is 0 Å². The van der Waals surface area contributed by atoms with Crippen LogP contribution in [0.1, 0.15) is 5.56 Å². The molecule has 2 amide bonds. The Morgan fingerprint density at radius 2 is 1.58 bits per heavy atom. The smallest absolute Gasteiger partial charge is 0.319 e. The summed E-state index contributed by atoms with van der Waals surface area (Å²) in [5.74, 6) is -0.308. The van der Waals surface area contributed by atoms with E-state index in [0.29, 0.717) is 28.5 Å². The molecule has 0 atom stereocenters. The number of halogens is 1. The van der Waals surface area contributed by atoms with E-state index in [1.165, 1.54) is 17.4 Å². The highest BCUT2D eigenvalue weighted by atomic mass is 32.1. The zero-order valence-corrected chi connectivity index (χ0v) is 18.4. The number of para-hydroxylation sites is 1. The molecular weight excluding hydrogens is 433 g/mol. The fraction of sp³-hybridized carbons (Fsp3) is 0.0370. The first-order valence-corrected chi connectivity index (χ1v) is 11.4. The second kappa shape index (κ2) is 9.22. The van der Waals surface area contributed by atoms with Gasteiger partial charge in [0.25, 0.3) is 0 Å². The van der Waals surface area contributed by atoms with Crippen LogP contribution in [-0.2, 0) is 6.54 Å². The number of hydrogen-bond acceptors (Lipinski definition) is 3. The number of carbonyl (C=O) groups excluding carboxylic acids is 1. The summed E-state index contributed by atoms with van der Waals surface area (Å²) in [5, 5.41) is 10.6. The van der Waals surface area contributed by atoms with Gasteiger partial charge in [0.2, 0.25) is 0 Å². The summed E-state index contributed by atoms with van der Waals surface area (Å²) >= 11 is 1.37. The molecule has 0 saturated carbocycles. The second-order valence-corrected chi connectivity index (χ2v) is 8.37. The van der Waals surface area contributed by atoms with Crippen molar-refractivity contribution in [3.05, 3.63) is 108 Å². The summed E-state index contributed by atoms with van der Waals surface area (Å²) < 4.78 is 14.2. The van der Waals surface area contributed by atoms with Crippen molar-refractivity contribution < 1.29 is 9.18 Å². The molecule has 5 rings (SSSR count). The van der Waals surface area contributed by atoms with Crippen LogP contribution in [0.5, 0.6) is 0 Å². The maximum atomic E-state index is 14.2. The standard InChI is InChI=1S/C27H20FN3OS/c28-23-14-5-3-12-21(23)26-30-25(17-33-26)22-13-4-6-15-24(22)31-27(32)29-16-19-10-7-9-18-8-1-2-11-20(18)19/h1-15,17H,16H2,(H2,29,31,32). The van der Waals surface area contributed by atoms with Crippen molar-refractivity contribution in [1.82, 2.24) is 10.3 Å². The van der Waals surface area contributed by atoms with Gasteiger partial charge in [-0.3, -0.25) is 0 Å². The van der Waals surface area contributed by atoms with Gasteiger partial charge >= 0.3 is 6.03 Å². The highest BCUT2D eigenvalue weighted by Gasteiger charge is 2.14. The van der Waals surface area contributed by atoms with Gasteiger partial charge in [0, 0.05) is 23.1 Å². The van der Waals surface area contributed by atoms with Crippen LogP contribution in [0.25, 0.3) is 32.6 Å². The van der Waals surface area contributed by atoms with Crippen LogP contribution >= 0.6 is 11.3 Å². The number of urea groups is 1. The number of benzene rings is 4. The lowest BCUT2D eigenvalue weighted by Gasteiger charge is -2.12. The van der Waals surface area contributed by atoms with Crippen molar-refractivity contribution in [2.24, 2.45) is 0 Å². The molecule has 0 fully saturated rings. The summed E-state index contributed by atoms with van der Waals surface area (Å²) in [6, 6.07) is 27.9. The molecule has 0 bridgehead atoms. The molecule has 0 unspecified atom stereocenters. The molecule has 33 heavy (non-hydrogen) atoms. The third-order valence-electron chi connectivity index (χ3n) is 5.38. The minimum Gasteiger partial charge on any atom is -0.334 e. The SMILES string of the molecule is O=C(NCc1cccc2ccccc12)Nc1ccccc1-c1csc(-c2ccccc2F)n1. The van der Waals surface area contributed by atoms with Crippen molar-refractivity contribution in [1.29, 1.82) is 0 Å². The van der Waals surface area contributed by atoms with Crippen LogP contribution in [0.15, 0.2) is 96.4 Å².